The van der Waals surface area contributed by atoms with Crippen molar-refractivity contribution in [1.82, 2.24) is 15.5 Å². The fraction of sp³-hybridized carbons (Fsp3) is 0.621. The second-order valence-electron chi connectivity index (χ2n) is 10.9. The second kappa shape index (κ2) is 15.2. The lowest BCUT2D eigenvalue weighted by atomic mass is 9.87. The van der Waals surface area contributed by atoms with Gasteiger partial charge in [-0.05, 0) is 70.9 Å². The average molecular weight is 561 g/mol. The highest BCUT2D eigenvalue weighted by atomic mass is 16.6. The third-order valence-corrected chi connectivity index (χ3v) is 6.55. The molecule has 0 radical (unpaired) electrons. The van der Waals surface area contributed by atoms with Crippen molar-refractivity contribution in [2.24, 2.45) is 5.73 Å². The normalized spacial score (nSPS) is 14.7. The van der Waals surface area contributed by atoms with Gasteiger partial charge >= 0.3 is 12.1 Å². The summed E-state index contributed by atoms with van der Waals surface area (Å²) < 4.78 is 10.3. The molecule has 0 spiro atoms. The number of alkyl carbamates (subject to hydrolysis) is 1. The zero-order valence-electron chi connectivity index (χ0n) is 24.3. The van der Waals surface area contributed by atoms with E-state index in [1.54, 1.807) is 27.7 Å². The summed E-state index contributed by atoms with van der Waals surface area (Å²) in [5, 5.41) is 5.37. The Morgan fingerprint density at radius 2 is 1.70 bits per heavy atom. The SMILES string of the molecule is CCOC(=O)CCNC(=O)C(c1ccc(CC)cc1)N(C(=O)C(CCC(N)=O)NC(=O)OC(C)(C)C)C1CCC1. The van der Waals surface area contributed by atoms with Gasteiger partial charge in [0.15, 0.2) is 0 Å². The smallest absolute Gasteiger partial charge is 0.408 e. The van der Waals surface area contributed by atoms with Gasteiger partial charge in [0.1, 0.15) is 17.7 Å². The fourth-order valence-electron chi connectivity index (χ4n) is 4.35. The first-order valence-corrected chi connectivity index (χ1v) is 14.0. The summed E-state index contributed by atoms with van der Waals surface area (Å²) in [7, 11) is 0. The maximum Gasteiger partial charge on any atom is 0.408 e. The summed E-state index contributed by atoms with van der Waals surface area (Å²) in [6.07, 6.45) is 2.02. The second-order valence-corrected chi connectivity index (χ2v) is 10.9. The van der Waals surface area contributed by atoms with E-state index in [0.717, 1.165) is 18.4 Å². The van der Waals surface area contributed by atoms with Crippen LogP contribution in [0.25, 0.3) is 0 Å². The highest BCUT2D eigenvalue weighted by molar-refractivity contribution is 5.93. The molecule has 1 aliphatic rings. The standard InChI is InChI=1S/C29H44N4O7/c1-6-19-11-13-20(14-12-19)25(26(36)31-18-17-24(35)39-7-2)33(21-9-8-10-21)27(37)22(15-16-23(30)34)32-28(38)40-29(3,4)5/h11-14,21-22,25H,6-10,15-18H2,1-5H3,(H2,30,34)(H,31,36)(H,32,38). The lowest BCUT2D eigenvalue weighted by molar-refractivity contribution is -0.148. The first-order chi connectivity index (χ1) is 18.9. The maximum atomic E-state index is 14.2. The van der Waals surface area contributed by atoms with Crippen LogP contribution >= 0.6 is 0 Å². The Balaban J connectivity index is 2.44. The number of rotatable bonds is 14. The summed E-state index contributed by atoms with van der Waals surface area (Å²) in [5.41, 5.74) is 6.22. The van der Waals surface area contributed by atoms with Gasteiger partial charge in [-0.15, -0.1) is 0 Å². The van der Waals surface area contributed by atoms with Crippen molar-refractivity contribution in [2.45, 2.75) is 103 Å². The topological polar surface area (TPSA) is 157 Å². The van der Waals surface area contributed by atoms with E-state index < -0.39 is 47.5 Å². The maximum absolute atomic E-state index is 14.2. The third kappa shape index (κ3) is 10.2. The van der Waals surface area contributed by atoms with Gasteiger partial charge in [-0.1, -0.05) is 31.2 Å². The number of carbonyl (C=O) groups is 5. The zero-order chi connectivity index (χ0) is 29.9. The summed E-state index contributed by atoms with van der Waals surface area (Å²) in [6.45, 7) is 9.09. The van der Waals surface area contributed by atoms with E-state index in [0.29, 0.717) is 18.4 Å². The average Bonchev–Trinajstić information content (AvgIpc) is 2.84. The quantitative estimate of drug-likeness (QED) is 0.295. The number of nitrogens with zero attached hydrogens (tertiary/aromatic N) is 1. The minimum Gasteiger partial charge on any atom is -0.466 e. The molecule has 40 heavy (non-hydrogen) atoms. The first kappa shape index (κ1) is 32.6. The van der Waals surface area contributed by atoms with Crippen LogP contribution < -0.4 is 16.4 Å². The van der Waals surface area contributed by atoms with Gasteiger partial charge < -0.3 is 30.7 Å². The highest BCUT2D eigenvalue weighted by Crippen LogP contribution is 2.34. The molecule has 4 amide bonds. The largest absolute Gasteiger partial charge is 0.466 e. The van der Waals surface area contributed by atoms with Gasteiger partial charge in [0.05, 0.1) is 13.0 Å². The van der Waals surface area contributed by atoms with E-state index in [2.05, 4.69) is 10.6 Å². The summed E-state index contributed by atoms with van der Waals surface area (Å²) in [5.74, 6) is -2.03. The lowest BCUT2D eigenvalue weighted by Crippen LogP contribution is -2.57. The molecule has 0 aromatic heterocycles. The monoisotopic (exact) mass is 560 g/mol. The molecule has 4 N–H and O–H groups in total. The van der Waals surface area contributed by atoms with E-state index in [1.807, 2.05) is 31.2 Å². The van der Waals surface area contributed by atoms with Gasteiger partial charge in [-0.3, -0.25) is 19.2 Å². The Morgan fingerprint density at radius 3 is 2.20 bits per heavy atom. The number of esters is 1. The van der Waals surface area contributed by atoms with Crippen LogP contribution in [-0.2, 0) is 35.1 Å². The van der Waals surface area contributed by atoms with Crippen molar-refractivity contribution in [1.29, 1.82) is 0 Å². The number of carbonyl (C=O) groups excluding carboxylic acids is 5. The molecule has 1 fully saturated rings. The predicted octanol–water partition coefficient (Wildman–Crippen LogP) is 2.90. The van der Waals surface area contributed by atoms with Crippen LogP contribution in [0, 0.1) is 0 Å². The number of nitrogens with one attached hydrogen (secondary N) is 2. The van der Waals surface area contributed by atoms with Crippen molar-refractivity contribution in [3.8, 4) is 0 Å². The van der Waals surface area contributed by atoms with Gasteiger partial charge in [-0.25, -0.2) is 4.79 Å². The van der Waals surface area contributed by atoms with Crippen LogP contribution in [0.1, 0.15) is 90.3 Å². The molecular formula is C29H44N4O7. The Labute approximate surface area is 236 Å². The Hall–Kier alpha value is -3.63. The molecule has 1 aromatic rings. The van der Waals surface area contributed by atoms with E-state index in [9.17, 15) is 24.0 Å². The Kier molecular flexibility index (Phi) is 12.4. The molecule has 1 aromatic carbocycles. The van der Waals surface area contributed by atoms with Crippen molar-refractivity contribution < 1.29 is 33.4 Å². The Bertz CT molecular complexity index is 1030. The molecule has 0 aliphatic heterocycles. The van der Waals surface area contributed by atoms with Crippen molar-refractivity contribution in [3.05, 3.63) is 35.4 Å². The van der Waals surface area contributed by atoms with E-state index >= 15 is 0 Å². The number of hydrogen-bond donors (Lipinski definition) is 3. The minimum atomic E-state index is -1.15. The lowest BCUT2D eigenvalue weighted by Gasteiger charge is -2.43. The van der Waals surface area contributed by atoms with Crippen LogP contribution in [0.4, 0.5) is 4.79 Å². The molecule has 222 valence electrons. The Morgan fingerprint density at radius 1 is 1.05 bits per heavy atom. The van der Waals surface area contributed by atoms with Crippen LogP contribution in [0.15, 0.2) is 24.3 Å². The van der Waals surface area contributed by atoms with Crippen molar-refractivity contribution in [3.63, 3.8) is 0 Å². The van der Waals surface area contributed by atoms with E-state index in [1.165, 1.54) is 4.90 Å². The van der Waals surface area contributed by atoms with E-state index in [4.69, 9.17) is 15.2 Å². The number of benzene rings is 1. The van der Waals surface area contributed by atoms with Crippen molar-refractivity contribution in [2.75, 3.05) is 13.2 Å². The number of nitrogens with two attached hydrogens (primary N) is 1. The predicted molar refractivity (Wildman–Crippen MR) is 149 cm³/mol. The molecular weight excluding hydrogens is 516 g/mol. The molecule has 0 saturated heterocycles. The molecule has 11 nitrogen and oxygen atoms in total. The van der Waals surface area contributed by atoms with Gasteiger partial charge in [-0.2, -0.15) is 0 Å². The zero-order valence-corrected chi connectivity index (χ0v) is 24.3. The third-order valence-electron chi connectivity index (χ3n) is 6.55. The molecule has 0 heterocycles. The van der Waals surface area contributed by atoms with E-state index in [-0.39, 0.29) is 38.5 Å². The highest BCUT2D eigenvalue weighted by Gasteiger charge is 2.42. The molecule has 1 saturated carbocycles. The summed E-state index contributed by atoms with van der Waals surface area (Å²) >= 11 is 0. The first-order valence-electron chi connectivity index (χ1n) is 14.0. The van der Waals surface area contributed by atoms with Gasteiger partial charge in [0.2, 0.25) is 17.7 Å². The molecule has 2 rings (SSSR count). The number of primary amides is 1. The number of amides is 4. The molecule has 11 heteroatoms. The molecule has 2 atom stereocenters. The summed E-state index contributed by atoms with van der Waals surface area (Å²) in [4.78, 5) is 65.4. The summed E-state index contributed by atoms with van der Waals surface area (Å²) in [6, 6.07) is 5.01. The number of aryl methyl sites for hydroxylation is 1. The molecule has 0 bridgehead atoms. The van der Waals surface area contributed by atoms with Gasteiger partial charge in [0.25, 0.3) is 0 Å². The van der Waals surface area contributed by atoms with Crippen LogP contribution in [0.5, 0.6) is 0 Å². The van der Waals surface area contributed by atoms with Crippen molar-refractivity contribution >= 4 is 29.8 Å². The molecule has 1 aliphatic carbocycles. The molecule has 2 unspecified atom stereocenters. The number of hydrogen-bond acceptors (Lipinski definition) is 7. The minimum absolute atomic E-state index is 0.0140. The van der Waals surface area contributed by atoms with Crippen LogP contribution in [-0.4, -0.2) is 65.5 Å². The van der Waals surface area contributed by atoms with Crippen LogP contribution in [0.2, 0.25) is 0 Å². The van der Waals surface area contributed by atoms with Gasteiger partial charge in [0, 0.05) is 19.0 Å². The van der Waals surface area contributed by atoms with Crippen LogP contribution in [0.3, 0.4) is 0 Å². The number of ether oxygens (including phenoxy) is 2. The fourth-order valence-corrected chi connectivity index (χ4v) is 4.35.